The largest absolute Gasteiger partial charge is 0.478 e. The van der Waals surface area contributed by atoms with Crippen molar-refractivity contribution in [1.29, 1.82) is 0 Å². The van der Waals surface area contributed by atoms with Crippen molar-refractivity contribution < 1.29 is 19.5 Å². The number of nitrogens with one attached hydrogen (secondary N) is 1. The maximum absolute atomic E-state index is 12.9. The van der Waals surface area contributed by atoms with Crippen LogP contribution in [0.15, 0.2) is 47.4 Å². The molecule has 0 aliphatic carbocycles. The summed E-state index contributed by atoms with van der Waals surface area (Å²) >= 11 is 18.6. The molecule has 30 heavy (non-hydrogen) atoms. The molecule has 1 aliphatic rings. The van der Waals surface area contributed by atoms with E-state index in [9.17, 15) is 14.4 Å². The Morgan fingerprint density at radius 3 is 2.50 bits per heavy atom. The third kappa shape index (κ3) is 4.67. The predicted octanol–water partition coefficient (Wildman–Crippen LogP) is 4.92. The number of thiocarbonyl (C=S) groups is 1. The molecule has 1 atom stereocenters. The summed E-state index contributed by atoms with van der Waals surface area (Å²) in [5, 5.41) is 12.3. The third-order valence-electron chi connectivity index (χ3n) is 4.26. The normalized spacial score (nSPS) is 16.1. The lowest BCUT2D eigenvalue weighted by Crippen LogP contribution is -2.44. The highest BCUT2D eigenvalue weighted by molar-refractivity contribution is 8.26. The highest BCUT2D eigenvalue weighted by Gasteiger charge is 2.38. The summed E-state index contributed by atoms with van der Waals surface area (Å²) in [5.41, 5.74) is 1.08. The van der Waals surface area contributed by atoms with Crippen LogP contribution in [-0.2, 0) is 9.59 Å². The van der Waals surface area contributed by atoms with E-state index in [-0.39, 0.29) is 9.88 Å². The van der Waals surface area contributed by atoms with Gasteiger partial charge in [0.25, 0.3) is 5.91 Å². The van der Waals surface area contributed by atoms with Crippen molar-refractivity contribution in [3.63, 3.8) is 0 Å². The van der Waals surface area contributed by atoms with E-state index >= 15 is 0 Å². The topological polar surface area (TPSA) is 86.7 Å². The lowest BCUT2D eigenvalue weighted by atomic mass is 10.2. The molecule has 1 heterocycles. The Hall–Kier alpha value is -2.39. The zero-order valence-electron chi connectivity index (χ0n) is 15.4. The molecule has 154 valence electrons. The fraction of sp³-hybridized carbons (Fsp3) is 0.100. The molecule has 0 aromatic heterocycles. The van der Waals surface area contributed by atoms with Gasteiger partial charge in [-0.2, -0.15) is 0 Å². The van der Waals surface area contributed by atoms with E-state index in [0.717, 1.165) is 11.8 Å². The highest BCUT2D eigenvalue weighted by Crippen LogP contribution is 2.36. The minimum absolute atomic E-state index is 0.0998. The number of nitrogens with zero attached hydrogens (tertiary/aromatic N) is 1. The lowest BCUT2D eigenvalue weighted by Gasteiger charge is -2.22. The Kier molecular flexibility index (Phi) is 6.82. The van der Waals surface area contributed by atoms with Gasteiger partial charge in [-0.1, -0.05) is 59.3 Å². The number of carbonyl (C=O) groups is 3. The maximum atomic E-state index is 12.9. The molecule has 2 aromatic rings. The molecule has 10 heteroatoms. The number of hydrogen-bond acceptors (Lipinski definition) is 5. The average Bonchev–Trinajstić information content (AvgIpc) is 2.98. The second kappa shape index (κ2) is 9.18. The number of aromatic carboxylic acids is 1. The van der Waals surface area contributed by atoms with E-state index in [1.165, 1.54) is 29.2 Å². The van der Waals surface area contributed by atoms with Gasteiger partial charge in [0.2, 0.25) is 5.91 Å². The van der Waals surface area contributed by atoms with Gasteiger partial charge in [-0.3, -0.25) is 14.5 Å². The van der Waals surface area contributed by atoms with Crippen LogP contribution in [0.25, 0.3) is 6.08 Å². The van der Waals surface area contributed by atoms with Gasteiger partial charge in [0, 0.05) is 5.69 Å². The van der Waals surface area contributed by atoms with E-state index in [1.54, 1.807) is 31.2 Å². The van der Waals surface area contributed by atoms with Crippen LogP contribution in [-0.4, -0.2) is 38.2 Å². The van der Waals surface area contributed by atoms with Gasteiger partial charge in [0.15, 0.2) is 0 Å². The summed E-state index contributed by atoms with van der Waals surface area (Å²) < 4.78 is 0.244. The molecule has 1 saturated heterocycles. The van der Waals surface area contributed by atoms with Crippen molar-refractivity contribution in [1.82, 2.24) is 4.90 Å². The fourth-order valence-electron chi connectivity index (χ4n) is 2.65. The van der Waals surface area contributed by atoms with Crippen molar-refractivity contribution in [3.05, 3.63) is 68.5 Å². The Labute approximate surface area is 191 Å². The molecule has 0 bridgehead atoms. The van der Waals surface area contributed by atoms with Gasteiger partial charge in [-0.05, 0) is 48.9 Å². The molecule has 2 N–H and O–H groups in total. The molecular weight excluding hydrogens is 467 g/mol. The van der Waals surface area contributed by atoms with Crippen molar-refractivity contribution in [2.24, 2.45) is 0 Å². The number of amides is 2. The van der Waals surface area contributed by atoms with E-state index in [4.69, 9.17) is 40.5 Å². The minimum Gasteiger partial charge on any atom is -0.478 e. The number of halogens is 2. The standard InChI is InChI=1S/C20H14Cl2N2O4S2/c1-10(17(25)23-13-7-5-11(6-8-13)19(27)28)24-18(26)15(30-20(24)29)9-12-3-2-4-14(21)16(12)22/h2-10H,1H3,(H,23,25)(H,27,28)/b15-9-. The number of carboxylic acid groups (broad SMARTS) is 1. The Bertz CT molecular complexity index is 1090. The quantitative estimate of drug-likeness (QED) is 0.466. The van der Waals surface area contributed by atoms with E-state index in [1.807, 2.05) is 0 Å². The number of thioether (sulfide) groups is 1. The van der Waals surface area contributed by atoms with Crippen LogP contribution in [0.5, 0.6) is 0 Å². The summed E-state index contributed by atoms with van der Waals surface area (Å²) in [5.74, 6) is -1.94. The molecule has 3 rings (SSSR count). The van der Waals surface area contributed by atoms with E-state index in [0.29, 0.717) is 26.2 Å². The Balaban J connectivity index is 1.76. The van der Waals surface area contributed by atoms with Gasteiger partial charge < -0.3 is 10.4 Å². The van der Waals surface area contributed by atoms with Crippen LogP contribution >= 0.6 is 47.2 Å². The number of benzene rings is 2. The first-order valence-corrected chi connectivity index (χ1v) is 10.5. The van der Waals surface area contributed by atoms with Crippen LogP contribution < -0.4 is 5.32 Å². The first-order chi connectivity index (χ1) is 14.2. The van der Waals surface area contributed by atoms with Crippen molar-refractivity contribution in [2.75, 3.05) is 5.32 Å². The number of anilines is 1. The molecule has 6 nitrogen and oxygen atoms in total. The van der Waals surface area contributed by atoms with Crippen LogP contribution in [0, 0.1) is 0 Å². The van der Waals surface area contributed by atoms with Crippen molar-refractivity contribution in [3.8, 4) is 0 Å². The SMILES string of the molecule is CC(C(=O)Nc1ccc(C(=O)O)cc1)N1C(=O)/C(=C/c2cccc(Cl)c2Cl)SC1=S. The molecule has 1 fully saturated rings. The van der Waals surface area contributed by atoms with Crippen LogP contribution in [0.4, 0.5) is 5.69 Å². The zero-order valence-corrected chi connectivity index (χ0v) is 18.5. The third-order valence-corrected chi connectivity index (χ3v) is 6.42. The first-order valence-electron chi connectivity index (χ1n) is 8.54. The number of carbonyl (C=O) groups excluding carboxylic acids is 2. The van der Waals surface area contributed by atoms with E-state index in [2.05, 4.69) is 5.32 Å². The van der Waals surface area contributed by atoms with Crippen molar-refractivity contribution >= 4 is 81.0 Å². The van der Waals surface area contributed by atoms with Gasteiger partial charge in [-0.15, -0.1) is 0 Å². The molecular formula is C20H14Cl2N2O4S2. The second-order valence-electron chi connectivity index (χ2n) is 6.24. The maximum Gasteiger partial charge on any atom is 0.335 e. The van der Waals surface area contributed by atoms with Gasteiger partial charge in [0.05, 0.1) is 20.5 Å². The van der Waals surface area contributed by atoms with Crippen molar-refractivity contribution in [2.45, 2.75) is 13.0 Å². The second-order valence-corrected chi connectivity index (χ2v) is 8.70. The molecule has 0 saturated carbocycles. The van der Waals surface area contributed by atoms with Crippen LogP contribution in [0.3, 0.4) is 0 Å². The lowest BCUT2D eigenvalue weighted by molar-refractivity contribution is -0.129. The molecule has 0 radical (unpaired) electrons. The molecule has 1 unspecified atom stereocenters. The average molecular weight is 481 g/mol. The summed E-state index contributed by atoms with van der Waals surface area (Å²) in [7, 11) is 0. The smallest absolute Gasteiger partial charge is 0.335 e. The monoisotopic (exact) mass is 480 g/mol. The number of carboxylic acids is 1. The number of hydrogen-bond donors (Lipinski definition) is 2. The Morgan fingerprint density at radius 1 is 1.20 bits per heavy atom. The summed E-state index contributed by atoms with van der Waals surface area (Å²) in [6.45, 7) is 1.56. The first kappa shape index (κ1) is 22.3. The summed E-state index contributed by atoms with van der Waals surface area (Å²) in [6, 6.07) is 9.89. The van der Waals surface area contributed by atoms with Gasteiger partial charge in [-0.25, -0.2) is 4.79 Å². The molecule has 2 aromatic carbocycles. The Morgan fingerprint density at radius 2 is 1.87 bits per heavy atom. The van der Waals surface area contributed by atoms with E-state index < -0.39 is 23.8 Å². The summed E-state index contributed by atoms with van der Waals surface area (Å²) in [6.07, 6.45) is 1.59. The van der Waals surface area contributed by atoms with Crippen LogP contribution in [0.2, 0.25) is 10.0 Å². The fourth-order valence-corrected chi connectivity index (χ4v) is 4.42. The van der Waals surface area contributed by atoms with Gasteiger partial charge >= 0.3 is 5.97 Å². The van der Waals surface area contributed by atoms with Crippen LogP contribution in [0.1, 0.15) is 22.8 Å². The molecule has 2 amide bonds. The predicted molar refractivity (Wildman–Crippen MR) is 123 cm³/mol. The highest BCUT2D eigenvalue weighted by atomic mass is 35.5. The summed E-state index contributed by atoms with van der Waals surface area (Å²) in [4.78, 5) is 38.0. The van der Waals surface area contributed by atoms with Gasteiger partial charge in [0.1, 0.15) is 10.4 Å². The number of rotatable bonds is 5. The molecule has 1 aliphatic heterocycles. The minimum atomic E-state index is -1.06. The molecule has 0 spiro atoms. The zero-order chi connectivity index (χ0) is 22.0.